The third kappa shape index (κ3) is 4.87. The Hall–Kier alpha value is -1.84. The molecular formula is C22H33N3O. The summed E-state index contributed by atoms with van der Waals surface area (Å²) in [6.07, 6.45) is 10.1. The zero-order chi connectivity index (χ0) is 18.4. The summed E-state index contributed by atoms with van der Waals surface area (Å²) in [4.78, 5) is 16.6. The molecular weight excluding hydrogens is 322 g/mol. The Kier molecular flexibility index (Phi) is 6.70. The summed E-state index contributed by atoms with van der Waals surface area (Å²) in [6.45, 7) is 5.65. The summed E-state index contributed by atoms with van der Waals surface area (Å²) in [5, 5.41) is 3.01. The SMILES string of the molecule is CC(C)C(=O)NCCCc1nc2ccccc2n1CCC1CCCCC1. The predicted molar refractivity (Wildman–Crippen MR) is 107 cm³/mol. The highest BCUT2D eigenvalue weighted by molar-refractivity contribution is 5.77. The number of aromatic nitrogens is 2. The quantitative estimate of drug-likeness (QED) is 0.697. The molecule has 142 valence electrons. The van der Waals surface area contributed by atoms with Crippen LogP contribution in [0.5, 0.6) is 0 Å². The van der Waals surface area contributed by atoms with E-state index in [4.69, 9.17) is 4.98 Å². The van der Waals surface area contributed by atoms with E-state index in [1.54, 1.807) is 0 Å². The first-order valence-electron chi connectivity index (χ1n) is 10.4. The molecule has 1 saturated carbocycles. The topological polar surface area (TPSA) is 46.9 Å². The van der Waals surface area contributed by atoms with Gasteiger partial charge in [-0.2, -0.15) is 0 Å². The van der Waals surface area contributed by atoms with Crippen molar-refractivity contribution in [2.75, 3.05) is 6.54 Å². The molecule has 4 nitrogen and oxygen atoms in total. The number of amides is 1. The van der Waals surface area contributed by atoms with Crippen molar-refractivity contribution in [3.05, 3.63) is 30.1 Å². The number of hydrogen-bond donors (Lipinski definition) is 1. The summed E-state index contributed by atoms with van der Waals surface area (Å²) in [7, 11) is 0. The van der Waals surface area contributed by atoms with Gasteiger partial charge in [0.2, 0.25) is 5.91 Å². The van der Waals surface area contributed by atoms with Gasteiger partial charge in [0.05, 0.1) is 11.0 Å². The Balaban J connectivity index is 1.63. The molecule has 0 spiro atoms. The molecule has 1 aromatic carbocycles. The molecule has 2 aromatic rings. The minimum Gasteiger partial charge on any atom is -0.356 e. The smallest absolute Gasteiger partial charge is 0.222 e. The summed E-state index contributed by atoms with van der Waals surface area (Å²) < 4.78 is 2.42. The Bertz CT molecular complexity index is 713. The highest BCUT2D eigenvalue weighted by Crippen LogP contribution is 2.28. The van der Waals surface area contributed by atoms with Crippen molar-refractivity contribution in [2.24, 2.45) is 11.8 Å². The monoisotopic (exact) mass is 355 g/mol. The molecule has 3 rings (SSSR count). The van der Waals surface area contributed by atoms with E-state index in [1.807, 2.05) is 13.8 Å². The highest BCUT2D eigenvalue weighted by atomic mass is 16.1. The van der Waals surface area contributed by atoms with E-state index in [2.05, 4.69) is 34.1 Å². The van der Waals surface area contributed by atoms with Crippen LogP contribution in [0.1, 0.15) is 64.6 Å². The van der Waals surface area contributed by atoms with E-state index >= 15 is 0 Å². The van der Waals surface area contributed by atoms with Gasteiger partial charge in [-0.15, -0.1) is 0 Å². The Morgan fingerprint density at radius 2 is 2.00 bits per heavy atom. The Morgan fingerprint density at radius 3 is 2.77 bits per heavy atom. The average molecular weight is 356 g/mol. The third-order valence-electron chi connectivity index (χ3n) is 5.62. The van der Waals surface area contributed by atoms with Gasteiger partial charge >= 0.3 is 0 Å². The summed E-state index contributed by atoms with van der Waals surface area (Å²) in [5.74, 6) is 2.23. The van der Waals surface area contributed by atoms with Gasteiger partial charge in [0.1, 0.15) is 5.82 Å². The van der Waals surface area contributed by atoms with Crippen molar-refractivity contribution in [3.8, 4) is 0 Å². The fourth-order valence-electron chi connectivity index (χ4n) is 4.02. The van der Waals surface area contributed by atoms with Gasteiger partial charge in [-0.05, 0) is 30.9 Å². The van der Waals surface area contributed by atoms with Crippen LogP contribution in [0, 0.1) is 11.8 Å². The highest BCUT2D eigenvalue weighted by Gasteiger charge is 2.16. The molecule has 0 unspecified atom stereocenters. The van der Waals surface area contributed by atoms with E-state index in [1.165, 1.54) is 49.9 Å². The molecule has 1 aromatic heterocycles. The molecule has 1 heterocycles. The molecule has 1 amide bonds. The summed E-state index contributed by atoms with van der Waals surface area (Å²) in [6, 6.07) is 8.46. The average Bonchev–Trinajstić information content (AvgIpc) is 3.01. The molecule has 1 aliphatic carbocycles. The van der Waals surface area contributed by atoms with Crippen molar-refractivity contribution >= 4 is 16.9 Å². The number of para-hydroxylation sites is 2. The van der Waals surface area contributed by atoms with Gasteiger partial charge in [-0.3, -0.25) is 4.79 Å². The molecule has 0 radical (unpaired) electrons. The van der Waals surface area contributed by atoms with Crippen LogP contribution in [0.2, 0.25) is 0 Å². The number of hydrogen-bond acceptors (Lipinski definition) is 2. The first-order chi connectivity index (χ1) is 12.6. The summed E-state index contributed by atoms with van der Waals surface area (Å²) >= 11 is 0. The van der Waals surface area contributed by atoms with Crippen LogP contribution in [0.3, 0.4) is 0 Å². The first-order valence-corrected chi connectivity index (χ1v) is 10.4. The second kappa shape index (κ2) is 9.20. The zero-order valence-corrected chi connectivity index (χ0v) is 16.3. The van der Waals surface area contributed by atoms with E-state index in [-0.39, 0.29) is 11.8 Å². The van der Waals surface area contributed by atoms with Crippen molar-refractivity contribution in [2.45, 2.75) is 71.8 Å². The third-order valence-corrected chi connectivity index (χ3v) is 5.62. The first kappa shape index (κ1) is 18.9. The van der Waals surface area contributed by atoms with Crippen LogP contribution in [0.25, 0.3) is 11.0 Å². The molecule has 0 saturated heterocycles. The maximum Gasteiger partial charge on any atom is 0.222 e. The van der Waals surface area contributed by atoms with E-state index in [0.717, 1.165) is 37.4 Å². The van der Waals surface area contributed by atoms with Crippen LogP contribution in [0.15, 0.2) is 24.3 Å². The van der Waals surface area contributed by atoms with Crippen LogP contribution in [0.4, 0.5) is 0 Å². The van der Waals surface area contributed by atoms with E-state index in [0.29, 0.717) is 0 Å². The number of carbonyl (C=O) groups is 1. The van der Waals surface area contributed by atoms with Gasteiger partial charge < -0.3 is 9.88 Å². The number of nitrogens with zero attached hydrogens (tertiary/aromatic N) is 2. The number of fused-ring (bicyclic) bond motifs is 1. The molecule has 26 heavy (non-hydrogen) atoms. The van der Waals surface area contributed by atoms with Crippen LogP contribution >= 0.6 is 0 Å². The number of nitrogens with one attached hydrogen (secondary N) is 1. The number of aryl methyl sites for hydroxylation is 2. The molecule has 0 bridgehead atoms. The second-order valence-electron chi connectivity index (χ2n) is 8.01. The number of imidazole rings is 1. The van der Waals surface area contributed by atoms with Crippen LogP contribution < -0.4 is 5.32 Å². The Labute approximate surface area is 157 Å². The standard InChI is InChI=1S/C22H33N3O/c1-17(2)22(26)23-15-8-13-21-24-19-11-6-7-12-20(19)25(21)16-14-18-9-4-3-5-10-18/h6-7,11-12,17-18H,3-5,8-10,13-16H2,1-2H3,(H,23,26). The molecule has 1 aliphatic rings. The molecule has 4 heteroatoms. The van der Waals surface area contributed by atoms with Gasteiger partial charge in [0, 0.05) is 25.4 Å². The maximum absolute atomic E-state index is 11.7. The predicted octanol–water partition coefficient (Wildman–Crippen LogP) is 4.71. The summed E-state index contributed by atoms with van der Waals surface area (Å²) in [5.41, 5.74) is 2.35. The van der Waals surface area contributed by atoms with Gasteiger partial charge in [0.15, 0.2) is 0 Å². The zero-order valence-electron chi connectivity index (χ0n) is 16.3. The number of benzene rings is 1. The fourth-order valence-corrected chi connectivity index (χ4v) is 4.02. The lowest BCUT2D eigenvalue weighted by atomic mass is 9.87. The second-order valence-corrected chi connectivity index (χ2v) is 8.01. The molecule has 1 N–H and O–H groups in total. The van der Waals surface area contributed by atoms with E-state index in [9.17, 15) is 4.79 Å². The number of carbonyl (C=O) groups excluding carboxylic acids is 1. The fraction of sp³-hybridized carbons (Fsp3) is 0.636. The number of rotatable bonds is 8. The molecule has 0 atom stereocenters. The lowest BCUT2D eigenvalue weighted by Crippen LogP contribution is -2.28. The minimum atomic E-state index is 0.0510. The van der Waals surface area contributed by atoms with Crippen molar-refractivity contribution in [1.82, 2.24) is 14.9 Å². The normalized spacial score (nSPS) is 15.7. The largest absolute Gasteiger partial charge is 0.356 e. The van der Waals surface area contributed by atoms with E-state index < -0.39 is 0 Å². The lowest BCUT2D eigenvalue weighted by Gasteiger charge is -2.22. The molecule has 0 aliphatic heterocycles. The van der Waals surface area contributed by atoms with Crippen LogP contribution in [-0.4, -0.2) is 22.0 Å². The Morgan fingerprint density at radius 1 is 1.23 bits per heavy atom. The lowest BCUT2D eigenvalue weighted by molar-refractivity contribution is -0.123. The van der Waals surface area contributed by atoms with Crippen LogP contribution in [-0.2, 0) is 17.8 Å². The van der Waals surface area contributed by atoms with Gasteiger partial charge in [0.25, 0.3) is 0 Å². The molecule has 1 fully saturated rings. The van der Waals surface area contributed by atoms with Crippen molar-refractivity contribution in [3.63, 3.8) is 0 Å². The minimum absolute atomic E-state index is 0.0510. The van der Waals surface area contributed by atoms with Crippen molar-refractivity contribution in [1.29, 1.82) is 0 Å². The van der Waals surface area contributed by atoms with Gasteiger partial charge in [-0.1, -0.05) is 58.1 Å². The van der Waals surface area contributed by atoms with Crippen molar-refractivity contribution < 1.29 is 4.79 Å². The maximum atomic E-state index is 11.7. The van der Waals surface area contributed by atoms with Gasteiger partial charge in [-0.25, -0.2) is 4.98 Å².